The minimum atomic E-state index is -0.256. The average Bonchev–Trinajstić information content (AvgIpc) is 2.62. The minimum Gasteiger partial charge on any atom is -0.437 e. The summed E-state index contributed by atoms with van der Waals surface area (Å²) in [7, 11) is 0. The molecule has 0 radical (unpaired) electrons. The maximum Gasteiger partial charge on any atom is 0.232 e. The third kappa shape index (κ3) is 2.45. The molecule has 124 valence electrons. The van der Waals surface area contributed by atoms with Gasteiger partial charge in [-0.15, -0.1) is 0 Å². The standard InChI is InChI=1S/C19H20N2O3/c20-18-13(10-22)9-15-17(23)14-8-12(11-4-2-1-3-5-11)6-7-16(14)24-19(15)21-18/h6-9,11,22H,1-5,10H2,(H2,20,21). The summed E-state index contributed by atoms with van der Waals surface area (Å²) >= 11 is 0. The predicted molar refractivity (Wildman–Crippen MR) is 93.9 cm³/mol. The molecule has 1 aliphatic rings. The number of hydrogen-bond acceptors (Lipinski definition) is 5. The van der Waals surface area contributed by atoms with Crippen LogP contribution in [0.15, 0.2) is 33.5 Å². The molecule has 1 saturated carbocycles. The number of benzene rings is 1. The van der Waals surface area contributed by atoms with Crippen LogP contribution >= 0.6 is 0 Å². The number of nitrogen functional groups attached to an aromatic ring is 1. The van der Waals surface area contributed by atoms with Gasteiger partial charge in [-0.1, -0.05) is 25.3 Å². The van der Waals surface area contributed by atoms with E-state index in [1.54, 1.807) is 6.07 Å². The summed E-state index contributed by atoms with van der Waals surface area (Å²) in [6.45, 7) is -0.256. The predicted octanol–water partition coefficient (Wildman–Crippen LogP) is 3.46. The van der Waals surface area contributed by atoms with Gasteiger partial charge >= 0.3 is 0 Å². The highest BCUT2D eigenvalue weighted by molar-refractivity contribution is 5.89. The van der Waals surface area contributed by atoms with Crippen LogP contribution in [0.1, 0.15) is 49.1 Å². The Morgan fingerprint density at radius 2 is 1.96 bits per heavy atom. The Bertz CT molecular complexity index is 972. The highest BCUT2D eigenvalue weighted by Crippen LogP contribution is 2.34. The Morgan fingerprint density at radius 1 is 1.17 bits per heavy atom. The number of aromatic nitrogens is 1. The molecule has 5 heteroatoms. The van der Waals surface area contributed by atoms with Crippen LogP contribution in [0.5, 0.6) is 0 Å². The van der Waals surface area contributed by atoms with Crippen molar-refractivity contribution >= 4 is 27.9 Å². The molecule has 0 aliphatic heterocycles. The average molecular weight is 324 g/mol. The molecule has 4 rings (SSSR count). The second kappa shape index (κ2) is 5.91. The first-order valence-corrected chi connectivity index (χ1v) is 8.44. The molecule has 1 aliphatic carbocycles. The molecular formula is C19H20N2O3. The number of aliphatic hydroxyl groups is 1. The molecule has 0 unspecified atom stereocenters. The zero-order chi connectivity index (χ0) is 16.7. The highest BCUT2D eigenvalue weighted by atomic mass is 16.3. The number of aliphatic hydroxyl groups excluding tert-OH is 1. The molecule has 0 atom stereocenters. The van der Waals surface area contributed by atoms with Crippen molar-refractivity contribution in [3.05, 3.63) is 45.6 Å². The third-order valence-corrected chi connectivity index (χ3v) is 5.05. The lowest BCUT2D eigenvalue weighted by atomic mass is 9.84. The van der Waals surface area contributed by atoms with Crippen LogP contribution in [0, 0.1) is 0 Å². The summed E-state index contributed by atoms with van der Waals surface area (Å²) in [6, 6.07) is 7.46. The van der Waals surface area contributed by atoms with E-state index in [0.29, 0.717) is 27.8 Å². The summed E-state index contributed by atoms with van der Waals surface area (Å²) in [6.07, 6.45) is 6.15. The molecule has 0 saturated heterocycles. The fourth-order valence-corrected chi connectivity index (χ4v) is 3.67. The highest BCUT2D eigenvalue weighted by Gasteiger charge is 2.18. The smallest absolute Gasteiger partial charge is 0.232 e. The molecule has 0 bridgehead atoms. The van der Waals surface area contributed by atoms with Gasteiger partial charge in [0.15, 0.2) is 0 Å². The largest absolute Gasteiger partial charge is 0.437 e. The lowest BCUT2D eigenvalue weighted by molar-refractivity contribution is 0.282. The van der Waals surface area contributed by atoms with Crippen LogP contribution in [0.4, 0.5) is 5.82 Å². The minimum absolute atomic E-state index is 0.119. The number of nitrogens with two attached hydrogens (primary N) is 1. The van der Waals surface area contributed by atoms with E-state index in [2.05, 4.69) is 11.1 Å². The number of anilines is 1. The first-order chi connectivity index (χ1) is 11.7. The van der Waals surface area contributed by atoms with Crippen molar-refractivity contribution in [2.24, 2.45) is 0 Å². The molecule has 3 aromatic rings. The van der Waals surface area contributed by atoms with Gasteiger partial charge in [0.05, 0.1) is 17.4 Å². The van der Waals surface area contributed by atoms with E-state index in [-0.39, 0.29) is 23.6 Å². The molecule has 0 amide bonds. The second-order valence-corrected chi connectivity index (χ2v) is 6.57. The van der Waals surface area contributed by atoms with Gasteiger partial charge in [0.2, 0.25) is 11.1 Å². The van der Waals surface area contributed by atoms with Crippen molar-refractivity contribution in [3.8, 4) is 0 Å². The normalized spacial score (nSPS) is 16.0. The van der Waals surface area contributed by atoms with Gasteiger partial charge < -0.3 is 15.3 Å². The molecule has 1 aromatic carbocycles. The van der Waals surface area contributed by atoms with E-state index in [1.165, 1.54) is 37.7 Å². The van der Waals surface area contributed by atoms with Crippen LogP contribution in [-0.4, -0.2) is 10.1 Å². The van der Waals surface area contributed by atoms with Crippen molar-refractivity contribution in [1.82, 2.24) is 4.98 Å². The zero-order valence-electron chi connectivity index (χ0n) is 13.4. The summed E-state index contributed by atoms with van der Waals surface area (Å²) in [5, 5.41) is 10.3. The van der Waals surface area contributed by atoms with Crippen LogP contribution in [0.2, 0.25) is 0 Å². The molecule has 3 N–H and O–H groups in total. The fraction of sp³-hybridized carbons (Fsp3) is 0.368. The van der Waals surface area contributed by atoms with E-state index in [9.17, 15) is 9.90 Å². The molecule has 2 aromatic heterocycles. The zero-order valence-corrected chi connectivity index (χ0v) is 13.4. The van der Waals surface area contributed by atoms with Gasteiger partial charge in [0, 0.05) is 5.56 Å². The Labute approximate surface area is 139 Å². The van der Waals surface area contributed by atoms with Crippen LogP contribution in [-0.2, 0) is 6.61 Å². The Hall–Kier alpha value is -2.40. The number of pyridine rings is 1. The number of nitrogens with zero attached hydrogens (tertiary/aromatic N) is 1. The molecule has 1 fully saturated rings. The second-order valence-electron chi connectivity index (χ2n) is 6.57. The van der Waals surface area contributed by atoms with Gasteiger partial charge in [-0.25, -0.2) is 0 Å². The lowest BCUT2D eigenvalue weighted by Gasteiger charge is -2.22. The first kappa shape index (κ1) is 15.1. The topological polar surface area (TPSA) is 89.4 Å². The van der Waals surface area contributed by atoms with Gasteiger partial charge in [-0.3, -0.25) is 4.79 Å². The van der Waals surface area contributed by atoms with Gasteiger partial charge in [0.1, 0.15) is 11.4 Å². The van der Waals surface area contributed by atoms with E-state index in [4.69, 9.17) is 10.2 Å². The molecule has 24 heavy (non-hydrogen) atoms. The lowest BCUT2D eigenvalue weighted by Crippen LogP contribution is -2.09. The van der Waals surface area contributed by atoms with Crippen molar-refractivity contribution < 1.29 is 9.52 Å². The molecule has 2 heterocycles. The summed E-state index contributed by atoms with van der Waals surface area (Å²) in [5.41, 5.74) is 8.05. The fourth-order valence-electron chi connectivity index (χ4n) is 3.67. The molecular weight excluding hydrogens is 304 g/mol. The number of hydrogen-bond donors (Lipinski definition) is 2. The molecule has 5 nitrogen and oxygen atoms in total. The first-order valence-electron chi connectivity index (χ1n) is 8.44. The maximum atomic E-state index is 12.9. The van der Waals surface area contributed by atoms with Gasteiger partial charge in [0.25, 0.3) is 0 Å². The summed E-state index contributed by atoms with van der Waals surface area (Å²) in [5.74, 6) is 0.710. The maximum absolute atomic E-state index is 12.9. The SMILES string of the molecule is Nc1nc2oc3ccc(C4CCCCC4)cc3c(=O)c2cc1CO. The number of fused-ring (bicyclic) bond motifs is 2. The van der Waals surface area contributed by atoms with Crippen molar-refractivity contribution in [2.75, 3.05) is 5.73 Å². The quantitative estimate of drug-likeness (QED) is 0.705. The van der Waals surface area contributed by atoms with Crippen LogP contribution < -0.4 is 11.2 Å². The van der Waals surface area contributed by atoms with E-state index in [0.717, 1.165) is 0 Å². The Balaban J connectivity index is 1.92. The van der Waals surface area contributed by atoms with Crippen molar-refractivity contribution in [1.29, 1.82) is 0 Å². The summed E-state index contributed by atoms with van der Waals surface area (Å²) < 4.78 is 5.78. The van der Waals surface area contributed by atoms with Gasteiger partial charge in [-0.05, 0) is 42.5 Å². The number of rotatable bonds is 2. The van der Waals surface area contributed by atoms with E-state index >= 15 is 0 Å². The van der Waals surface area contributed by atoms with E-state index in [1.807, 2.05) is 12.1 Å². The Morgan fingerprint density at radius 3 is 2.71 bits per heavy atom. The Kier molecular flexibility index (Phi) is 3.73. The monoisotopic (exact) mass is 324 g/mol. The van der Waals surface area contributed by atoms with Crippen molar-refractivity contribution in [3.63, 3.8) is 0 Å². The van der Waals surface area contributed by atoms with Crippen LogP contribution in [0.3, 0.4) is 0 Å². The van der Waals surface area contributed by atoms with Crippen LogP contribution in [0.25, 0.3) is 22.1 Å². The van der Waals surface area contributed by atoms with Crippen molar-refractivity contribution in [2.45, 2.75) is 44.6 Å². The van der Waals surface area contributed by atoms with E-state index < -0.39 is 0 Å². The summed E-state index contributed by atoms with van der Waals surface area (Å²) in [4.78, 5) is 17.0. The third-order valence-electron chi connectivity index (χ3n) is 5.05. The molecule has 0 spiro atoms. The van der Waals surface area contributed by atoms with Gasteiger partial charge in [-0.2, -0.15) is 4.98 Å².